The van der Waals surface area contributed by atoms with Gasteiger partial charge in [0.05, 0.1) is 5.56 Å². The molecule has 0 saturated heterocycles. The zero-order valence-corrected chi connectivity index (χ0v) is 12.5. The lowest BCUT2D eigenvalue weighted by Crippen LogP contribution is -2.39. The molecule has 20 heavy (non-hydrogen) atoms. The second kappa shape index (κ2) is 7.21. The molecule has 1 aromatic carbocycles. The molecular weight excluding hydrogens is 289 g/mol. The average Bonchev–Trinajstić information content (AvgIpc) is 2.43. The Labute approximate surface area is 117 Å². The number of hydrogen-bond acceptors (Lipinski definition) is 3. The maximum absolute atomic E-state index is 12.4. The Kier molecular flexibility index (Phi) is 6.19. The number of halogens is 3. The molecule has 0 bridgehead atoms. The molecule has 1 rings (SSSR count). The third kappa shape index (κ3) is 5.24. The van der Waals surface area contributed by atoms with Gasteiger partial charge < -0.3 is 13.6 Å². The van der Waals surface area contributed by atoms with Gasteiger partial charge in [-0.1, -0.05) is 12.1 Å². The third-order valence-corrected chi connectivity index (χ3v) is 5.39. The van der Waals surface area contributed by atoms with Gasteiger partial charge in [-0.3, -0.25) is 0 Å². The van der Waals surface area contributed by atoms with Gasteiger partial charge in [-0.05, 0) is 37.0 Å². The molecule has 1 N–H and O–H groups in total. The van der Waals surface area contributed by atoms with Crippen LogP contribution in [0.25, 0.3) is 0 Å². The standard InChI is InChI=1S/C13H19F3O3Si/c1-18-20(17,19-2)10-4-3-5-11-6-8-12(9-7-11)13(14,15)16/h6-9,17H,3-5,10H2,1-2H3. The van der Waals surface area contributed by atoms with Gasteiger partial charge in [-0.15, -0.1) is 0 Å². The van der Waals surface area contributed by atoms with Crippen molar-refractivity contribution < 1.29 is 26.8 Å². The number of alkyl halides is 3. The van der Waals surface area contributed by atoms with Crippen LogP contribution in [-0.4, -0.2) is 27.8 Å². The summed E-state index contributed by atoms with van der Waals surface area (Å²) in [6.45, 7) is 0. The maximum atomic E-state index is 12.4. The minimum atomic E-state index is -4.29. The van der Waals surface area contributed by atoms with Crippen LogP contribution < -0.4 is 0 Å². The molecule has 0 saturated carbocycles. The quantitative estimate of drug-likeness (QED) is 0.621. The molecule has 0 aliphatic heterocycles. The summed E-state index contributed by atoms with van der Waals surface area (Å²) in [5.41, 5.74) is 0.208. The van der Waals surface area contributed by atoms with E-state index >= 15 is 0 Å². The summed E-state index contributed by atoms with van der Waals surface area (Å²) in [5.74, 6) is 0. The maximum Gasteiger partial charge on any atom is 0.497 e. The van der Waals surface area contributed by atoms with Gasteiger partial charge in [0, 0.05) is 20.3 Å². The predicted octanol–water partition coefficient (Wildman–Crippen LogP) is 3.25. The number of aryl methyl sites for hydroxylation is 1. The highest BCUT2D eigenvalue weighted by Gasteiger charge is 2.33. The van der Waals surface area contributed by atoms with Crippen molar-refractivity contribution in [1.29, 1.82) is 0 Å². The molecule has 0 atom stereocenters. The largest absolute Gasteiger partial charge is 0.497 e. The van der Waals surface area contributed by atoms with Crippen LogP contribution in [0.3, 0.4) is 0 Å². The summed E-state index contributed by atoms with van der Waals surface area (Å²) in [6, 6.07) is 5.59. The molecule has 0 aliphatic rings. The summed E-state index contributed by atoms with van der Waals surface area (Å²) in [6.07, 6.45) is -2.17. The first-order valence-electron chi connectivity index (χ1n) is 6.29. The number of hydrogen-bond donors (Lipinski definition) is 1. The van der Waals surface area contributed by atoms with Crippen molar-refractivity contribution in [2.24, 2.45) is 0 Å². The van der Waals surface area contributed by atoms with E-state index in [1.165, 1.54) is 26.4 Å². The van der Waals surface area contributed by atoms with Crippen molar-refractivity contribution in [3.63, 3.8) is 0 Å². The summed E-state index contributed by atoms with van der Waals surface area (Å²) in [5, 5.41) is 0. The number of rotatable bonds is 7. The molecule has 0 radical (unpaired) electrons. The van der Waals surface area contributed by atoms with E-state index in [4.69, 9.17) is 8.85 Å². The molecule has 0 aromatic heterocycles. The van der Waals surface area contributed by atoms with Crippen molar-refractivity contribution in [3.05, 3.63) is 35.4 Å². The van der Waals surface area contributed by atoms with Crippen LogP contribution in [0.4, 0.5) is 13.2 Å². The van der Waals surface area contributed by atoms with Crippen molar-refractivity contribution >= 4 is 8.80 Å². The Morgan fingerprint density at radius 2 is 1.60 bits per heavy atom. The van der Waals surface area contributed by atoms with Crippen LogP contribution >= 0.6 is 0 Å². The highest BCUT2D eigenvalue weighted by Crippen LogP contribution is 2.29. The van der Waals surface area contributed by atoms with Crippen LogP contribution in [0.5, 0.6) is 0 Å². The molecular formula is C13H19F3O3Si. The van der Waals surface area contributed by atoms with Crippen molar-refractivity contribution in [2.45, 2.75) is 31.5 Å². The smallest absolute Gasteiger partial charge is 0.390 e. The average molecular weight is 308 g/mol. The molecule has 0 aliphatic carbocycles. The fourth-order valence-corrected chi connectivity index (χ4v) is 3.10. The van der Waals surface area contributed by atoms with Gasteiger partial charge in [0.1, 0.15) is 0 Å². The Morgan fingerprint density at radius 1 is 1.05 bits per heavy atom. The highest BCUT2D eigenvalue weighted by atomic mass is 28.4. The molecule has 114 valence electrons. The SMILES string of the molecule is CO[Si](O)(CCCCc1ccc(C(F)(F)F)cc1)OC. The molecule has 0 unspecified atom stereocenters. The fraction of sp³-hybridized carbons (Fsp3) is 0.538. The summed E-state index contributed by atoms with van der Waals surface area (Å²) < 4.78 is 47.0. The van der Waals surface area contributed by atoms with E-state index in [0.717, 1.165) is 24.1 Å². The minimum Gasteiger partial charge on any atom is -0.390 e. The van der Waals surface area contributed by atoms with E-state index < -0.39 is 20.5 Å². The third-order valence-electron chi connectivity index (χ3n) is 3.13. The second-order valence-electron chi connectivity index (χ2n) is 4.52. The molecule has 0 fully saturated rings. The van der Waals surface area contributed by atoms with E-state index in [1.807, 2.05) is 0 Å². The summed E-state index contributed by atoms with van der Waals surface area (Å²) in [4.78, 5) is 9.82. The monoisotopic (exact) mass is 308 g/mol. The summed E-state index contributed by atoms with van der Waals surface area (Å²) >= 11 is 0. The van der Waals surface area contributed by atoms with E-state index in [2.05, 4.69) is 0 Å². The Morgan fingerprint density at radius 3 is 2.05 bits per heavy atom. The van der Waals surface area contributed by atoms with Crippen LogP contribution in [0.15, 0.2) is 24.3 Å². The number of unbranched alkanes of at least 4 members (excludes halogenated alkanes) is 1. The van der Waals surface area contributed by atoms with Gasteiger partial charge in [-0.25, -0.2) is 0 Å². The lowest BCUT2D eigenvalue weighted by atomic mass is 10.1. The highest BCUT2D eigenvalue weighted by molar-refractivity contribution is 6.59. The predicted molar refractivity (Wildman–Crippen MR) is 71.2 cm³/mol. The first-order chi connectivity index (χ1) is 9.30. The molecule has 1 aromatic rings. The van der Waals surface area contributed by atoms with Crippen molar-refractivity contribution in [2.75, 3.05) is 14.2 Å². The Bertz CT molecular complexity index is 402. The first-order valence-corrected chi connectivity index (χ1v) is 8.26. The van der Waals surface area contributed by atoms with Gasteiger partial charge in [0.15, 0.2) is 0 Å². The van der Waals surface area contributed by atoms with Crippen LogP contribution in [0.1, 0.15) is 24.0 Å². The van der Waals surface area contributed by atoms with E-state index in [1.54, 1.807) is 0 Å². The van der Waals surface area contributed by atoms with Crippen LogP contribution in [0, 0.1) is 0 Å². The Hall–Kier alpha value is -0.893. The topological polar surface area (TPSA) is 38.7 Å². The molecule has 0 heterocycles. The Balaban J connectivity index is 2.40. The molecule has 7 heteroatoms. The van der Waals surface area contributed by atoms with Crippen LogP contribution in [0.2, 0.25) is 6.04 Å². The second-order valence-corrected chi connectivity index (χ2v) is 7.26. The van der Waals surface area contributed by atoms with Gasteiger partial charge in [-0.2, -0.15) is 13.2 Å². The first kappa shape index (κ1) is 17.2. The number of benzene rings is 1. The van der Waals surface area contributed by atoms with Gasteiger partial charge in [0.25, 0.3) is 0 Å². The zero-order chi connectivity index (χ0) is 15.2. The molecule has 3 nitrogen and oxygen atoms in total. The lowest BCUT2D eigenvalue weighted by Gasteiger charge is -2.19. The zero-order valence-electron chi connectivity index (χ0n) is 11.5. The van der Waals surface area contributed by atoms with Gasteiger partial charge >= 0.3 is 15.0 Å². The molecule has 0 amide bonds. The normalized spacial score (nSPS) is 12.7. The van der Waals surface area contributed by atoms with Crippen molar-refractivity contribution in [3.8, 4) is 0 Å². The van der Waals surface area contributed by atoms with Crippen LogP contribution in [-0.2, 0) is 21.4 Å². The van der Waals surface area contributed by atoms with E-state index in [0.29, 0.717) is 18.9 Å². The van der Waals surface area contributed by atoms with Gasteiger partial charge in [0.2, 0.25) is 0 Å². The van der Waals surface area contributed by atoms with E-state index in [-0.39, 0.29) is 0 Å². The lowest BCUT2D eigenvalue weighted by molar-refractivity contribution is -0.137. The van der Waals surface area contributed by atoms with Crippen molar-refractivity contribution in [1.82, 2.24) is 0 Å². The minimum absolute atomic E-state index is 0.445. The summed E-state index contributed by atoms with van der Waals surface area (Å²) in [7, 11) is -0.201. The van der Waals surface area contributed by atoms with E-state index in [9.17, 15) is 18.0 Å². The fourth-order valence-electron chi connectivity index (χ4n) is 1.83. The molecule has 0 spiro atoms.